The molecule has 0 bridgehead atoms. The molecule has 0 unspecified atom stereocenters. The first-order valence-electron chi connectivity index (χ1n) is 8.96. The number of hydrogen-bond donors (Lipinski definition) is 0. The Kier molecular flexibility index (Phi) is 5.23. The standard InChI is InChI=1S/C21H20ClN3O2/c22-18-8-4-7-17(13-18)19-14-23-20(27-19)15-24-9-11-25(12-10-24)21(26)16-5-2-1-3-6-16/h1-8,13-14H,9-12,15H2. The van der Waals surface area contributed by atoms with Crippen LogP contribution in [0.2, 0.25) is 5.02 Å². The lowest BCUT2D eigenvalue weighted by Crippen LogP contribution is -2.48. The Labute approximate surface area is 163 Å². The molecule has 1 aliphatic heterocycles. The fourth-order valence-electron chi connectivity index (χ4n) is 3.22. The van der Waals surface area contributed by atoms with Crippen molar-refractivity contribution >= 4 is 17.5 Å². The smallest absolute Gasteiger partial charge is 0.253 e. The van der Waals surface area contributed by atoms with Gasteiger partial charge < -0.3 is 9.32 Å². The van der Waals surface area contributed by atoms with Crippen molar-refractivity contribution in [3.63, 3.8) is 0 Å². The minimum Gasteiger partial charge on any atom is -0.439 e. The lowest BCUT2D eigenvalue weighted by Gasteiger charge is -2.34. The van der Waals surface area contributed by atoms with Crippen molar-refractivity contribution in [2.24, 2.45) is 0 Å². The molecule has 0 N–H and O–H groups in total. The van der Waals surface area contributed by atoms with Crippen LogP contribution in [0.1, 0.15) is 16.2 Å². The van der Waals surface area contributed by atoms with Crippen LogP contribution in [0.25, 0.3) is 11.3 Å². The lowest BCUT2D eigenvalue weighted by molar-refractivity contribution is 0.0618. The Hall–Kier alpha value is -2.63. The second-order valence-electron chi connectivity index (χ2n) is 6.56. The third-order valence-corrected chi connectivity index (χ3v) is 4.94. The van der Waals surface area contributed by atoms with Gasteiger partial charge in [-0.1, -0.05) is 41.9 Å². The third kappa shape index (κ3) is 4.21. The summed E-state index contributed by atoms with van der Waals surface area (Å²) in [7, 11) is 0. The molecule has 138 valence electrons. The van der Waals surface area contributed by atoms with Gasteiger partial charge in [0, 0.05) is 42.3 Å². The average Bonchev–Trinajstić information content (AvgIpc) is 3.17. The van der Waals surface area contributed by atoms with E-state index in [-0.39, 0.29) is 5.91 Å². The Morgan fingerprint density at radius 3 is 2.56 bits per heavy atom. The fraction of sp³-hybridized carbons (Fsp3) is 0.238. The van der Waals surface area contributed by atoms with Gasteiger partial charge in [0.1, 0.15) is 0 Å². The van der Waals surface area contributed by atoms with Crippen molar-refractivity contribution in [3.8, 4) is 11.3 Å². The number of carbonyl (C=O) groups excluding carboxylic acids is 1. The number of piperazine rings is 1. The molecular weight excluding hydrogens is 362 g/mol. The summed E-state index contributed by atoms with van der Waals surface area (Å²) in [4.78, 5) is 21.1. The molecule has 1 fully saturated rings. The molecule has 2 aromatic carbocycles. The van der Waals surface area contributed by atoms with Gasteiger partial charge >= 0.3 is 0 Å². The number of aromatic nitrogens is 1. The molecule has 3 aromatic rings. The number of nitrogens with zero attached hydrogens (tertiary/aromatic N) is 3. The maximum Gasteiger partial charge on any atom is 0.253 e. The van der Waals surface area contributed by atoms with Crippen LogP contribution >= 0.6 is 11.6 Å². The van der Waals surface area contributed by atoms with E-state index in [0.717, 1.165) is 24.2 Å². The highest BCUT2D eigenvalue weighted by Gasteiger charge is 2.23. The van der Waals surface area contributed by atoms with E-state index >= 15 is 0 Å². The molecular formula is C21H20ClN3O2. The number of hydrogen-bond acceptors (Lipinski definition) is 4. The van der Waals surface area contributed by atoms with E-state index in [4.69, 9.17) is 16.0 Å². The van der Waals surface area contributed by atoms with E-state index in [1.54, 1.807) is 6.20 Å². The maximum absolute atomic E-state index is 12.5. The van der Waals surface area contributed by atoms with Gasteiger partial charge in [0.25, 0.3) is 5.91 Å². The summed E-state index contributed by atoms with van der Waals surface area (Å²) in [6.45, 7) is 3.64. The molecule has 1 amide bonds. The van der Waals surface area contributed by atoms with Crippen molar-refractivity contribution in [2.45, 2.75) is 6.54 Å². The van der Waals surface area contributed by atoms with Crippen molar-refractivity contribution < 1.29 is 9.21 Å². The molecule has 0 radical (unpaired) electrons. The monoisotopic (exact) mass is 381 g/mol. The van der Waals surface area contributed by atoms with Gasteiger partial charge in [-0.25, -0.2) is 4.98 Å². The lowest BCUT2D eigenvalue weighted by atomic mass is 10.2. The van der Waals surface area contributed by atoms with E-state index in [0.29, 0.717) is 36.3 Å². The third-order valence-electron chi connectivity index (χ3n) is 4.70. The van der Waals surface area contributed by atoms with Gasteiger partial charge in [-0.2, -0.15) is 0 Å². The molecule has 1 saturated heterocycles. The number of amides is 1. The molecule has 1 aliphatic rings. The molecule has 0 saturated carbocycles. The molecule has 5 nitrogen and oxygen atoms in total. The molecule has 2 heterocycles. The molecule has 0 spiro atoms. The van der Waals surface area contributed by atoms with Crippen LogP contribution in [0.15, 0.2) is 65.2 Å². The maximum atomic E-state index is 12.5. The average molecular weight is 382 g/mol. The normalized spacial score (nSPS) is 15.1. The number of rotatable bonds is 4. The van der Waals surface area contributed by atoms with Crippen molar-refractivity contribution in [1.82, 2.24) is 14.8 Å². The minimum atomic E-state index is 0.0922. The first-order chi connectivity index (χ1) is 13.2. The van der Waals surface area contributed by atoms with E-state index in [2.05, 4.69) is 9.88 Å². The topological polar surface area (TPSA) is 49.6 Å². The van der Waals surface area contributed by atoms with Crippen LogP contribution in [0, 0.1) is 0 Å². The second-order valence-corrected chi connectivity index (χ2v) is 7.00. The van der Waals surface area contributed by atoms with Crippen LogP contribution in [0.5, 0.6) is 0 Å². The predicted octanol–water partition coefficient (Wildman–Crippen LogP) is 3.95. The quantitative estimate of drug-likeness (QED) is 0.686. The van der Waals surface area contributed by atoms with E-state index in [1.165, 1.54) is 0 Å². The zero-order valence-corrected chi connectivity index (χ0v) is 15.6. The van der Waals surface area contributed by atoms with Gasteiger partial charge in [0.2, 0.25) is 5.89 Å². The molecule has 0 aliphatic carbocycles. The van der Waals surface area contributed by atoms with Crippen LogP contribution < -0.4 is 0 Å². The zero-order valence-electron chi connectivity index (χ0n) is 14.8. The Morgan fingerprint density at radius 2 is 1.81 bits per heavy atom. The molecule has 4 rings (SSSR count). The summed E-state index contributed by atoms with van der Waals surface area (Å²) >= 11 is 6.04. The summed E-state index contributed by atoms with van der Waals surface area (Å²) in [5, 5.41) is 0.671. The minimum absolute atomic E-state index is 0.0922. The SMILES string of the molecule is O=C(c1ccccc1)N1CCN(Cc2ncc(-c3cccc(Cl)c3)o2)CC1. The number of oxazole rings is 1. The second kappa shape index (κ2) is 7.94. The van der Waals surface area contributed by atoms with Gasteiger partial charge in [0.05, 0.1) is 12.7 Å². The zero-order chi connectivity index (χ0) is 18.6. The van der Waals surface area contributed by atoms with Crippen LogP contribution in [-0.4, -0.2) is 46.9 Å². The highest BCUT2D eigenvalue weighted by atomic mass is 35.5. The molecule has 1 aromatic heterocycles. The van der Waals surface area contributed by atoms with Crippen LogP contribution in [-0.2, 0) is 6.54 Å². The van der Waals surface area contributed by atoms with Gasteiger partial charge in [-0.15, -0.1) is 0 Å². The number of halogens is 1. The summed E-state index contributed by atoms with van der Waals surface area (Å²) in [5.41, 5.74) is 1.66. The molecule has 0 atom stereocenters. The first-order valence-corrected chi connectivity index (χ1v) is 9.34. The van der Waals surface area contributed by atoms with Gasteiger partial charge in [0.15, 0.2) is 5.76 Å². The largest absolute Gasteiger partial charge is 0.439 e. The Bertz CT molecular complexity index is 918. The van der Waals surface area contributed by atoms with E-state index < -0.39 is 0 Å². The van der Waals surface area contributed by atoms with Crippen molar-refractivity contribution in [2.75, 3.05) is 26.2 Å². The summed E-state index contributed by atoms with van der Waals surface area (Å²) in [6, 6.07) is 17.0. The Morgan fingerprint density at radius 1 is 1.04 bits per heavy atom. The first kappa shape index (κ1) is 17.8. The van der Waals surface area contributed by atoms with Gasteiger partial charge in [-0.05, 0) is 24.3 Å². The predicted molar refractivity (Wildman–Crippen MR) is 105 cm³/mol. The van der Waals surface area contributed by atoms with E-state index in [1.807, 2.05) is 59.5 Å². The molecule has 6 heteroatoms. The van der Waals surface area contributed by atoms with Crippen LogP contribution in [0.3, 0.4) is 0 Å². The van der Waals surface area contributed by atoms with Gasteiger partial charge in [-0.3, -0.25) is 9.69 Å². The Balaban J connectivity index is 1.34. The number of carbonyl (C=O) groups is 1. The number of benzene rings is 2. The highest BCUT2D eigenvalue weighted by molar-refractivity contribution is 6.30. The van der Waals surface area contributed by atoms with Crippen LogP contribution in [0.4, 0.5) is 0 Å². The van der Waals surface area contributed by atoms with E-state index in [9.17, 15) is 4.79 Å². The summed E-state index contributed by atoms with van der Waals surface area (Å²) in [5.74, 6) is 1.48. The van der Waals surface area contributed by atoms with Crippen molar-refractivity contribution in [1.29, 1.82) is 0 Å². The highest BCUT2D eigenvalue weighted by Crippen LogP contribution is 2.24. The fourth-order valence-corrected chi connectivity index (χ4v) is 3.41. The summed E-state index contributed by atoms with van der Waals surface area (Å²) in [6.07, 6.45) is 1.73. The summed E-state index contributed by atoms with van der Waals surface area (Å²) < 4.78 is 5.88. The molecule has 27 heavy (non-hydrogen) atoms. The van der Waals surface area contributed by atoms with Crippen molar-refractivity contribution in [3.05, 3.63) is 77.3 Å².